The Morgan fingerprint density at radius 2 is 1.72 bits per heavy atom. The van der Waals surface area contributed by atoms with Crippen LogP contribution in [-0.4, -0.2) is 30.4 Å². The van der Waals surface area contributed by atoms with Crippen LogP contribution in [0.1, 0.15) is 35.3 Å². The molecule has 0 saturated heterocycles. The largest absolute Gasteiger partial charge is 0.454 e. The van der Waals surface area contributed by atoms with E-state index in [2.05, 4.69) is 10.6 Å². The van der Waals surface area contributed by atoms with Gasteiger partial charge < -0.3 is 15.4 Å². The molecule has 2 N–H and O–H groups in total. The number of hydrogen-bond donors (Lipinski definition) is 2. The fourth-order valence-electron chi connectivity index (χ4n) is 2.60. The highest BCUT2D eigenvalue weighted by Crippen LogP contribution is 2.11. The van der Waals surface area contributed by atoms with Gasteiger partial charge in [0.1, 0.15) is 6.04 Å². The first-order valence-corrected chi connectivity index (χ1v) is 9.15. The average Bonchev–Trinajstić information content (AvgIpc) is 2.70. The van der Waals surface area contributed by atoms with Crippen LogP contribution in [-0.2, 0) is 14.3 Å². The molecular weight excluding hydrogens is 370 g/mol. The normalized spacial score (nSPS) is 11.3. The van der Waals surface area contributed by atoms with Crippen molar-refractivity contribution in [3.63, 3.8) is 0 Å². The lowest BCUT2D eigenvalue weighted by Gasteiger charge is -2.21. The molecule has 0 aliphatic rings. The fourth-order valence-corrected chi connectivity index (χ4v) is 2.60. The van der Waals surface area contributed by atoms with Gasteiger partial charge in [-0.3, -0.25) is 9.59 Å². The van der Waals surface area contributed by atoms with Gasteiger partial charge in [0.25, 0.3) is 11.8 Å². The molecule has 2 aromatic rings. The van der Waals surface area contributed by atoms with Crippen molar-refractivity contribution in [3.05, 3.63) is 65.2 Å². The number of benzene rings is 2. The summed E-state index contributed by atoms with van der Waals surface area (Å²) in [5.74, 6) is -1.80. The topological polar surface area (TPSA) is 108 Å². The van der Waals surface area contributed by atoms with Gasteiger partial charge >= 0.3 is 5.97 Å². The van der Waals surface area contributed by atoms with Gasteiger partial charge in [-0.1, -0.05) is 32.0 Å². The number of anilines is 1. The number of nitrogens with zero attached hydrogens (tertiary/aromatic N) is 1. The van der Waals surface area contributed by atoms with E-state index in [-0.39, 0.29) is 11.8 Å². The number of aryl methyl sites for hydroxylation is 1. The zero-order valence-corrected chi connectivity index (χ0v) is 16.6. The maximum absolute atomic E-state index is 12.5. The number of carbonyl (C=O) groups is 3. The molecule has 0 spiro atoms. The zero-order chi connectivity index (χ0) is 21.4. The number of rotatable bonds is 7. The first-order chi connectivity index (χ1) is 13.8. The van der Waals surface area contributed by atoms with Crippen LogP contribution >= 0.6 is 0 Å². The third kappa shape index (κ3) is 6.18. The van der Waals surface area contributed by atoms with Gasteiger partial charge in [-0.25, -0.2) is 4.79 Å². The van der Waals surface area contributed by atoms with Crippen LogP contribution in [0.3, 0.4) is 0 Å². The second-order valence-electron chi connectivity index (χ2n) is 6.86. The molecule has 2 amide bonds. The van der Waals surface area contributed by atoms with E-state index < -0.39 is 24.5 Å². The summed E-state index contributed by atoms with van der Waals surface area (Å²) in [6.07, 6.45) is 0. The van der Waals surface area contributed by atoms with Crippen molar-refractivity contribution >= 4 is 23.5 Å². The van der Waals surface area contributed by atoms with Crippen LogP contribution in [0, 0.1) is 24.2 Å². The summed E-state index contributed by atoms with van der Waals surface area (Å²) in [6.45, 7) is 4.88. The molecule has 0 bridgehead atoms. The van der Waals surface area contributed by atoms with E-state index in [0.29, 0.717) is 16.8 Å². The van der Waals surface area contributed by atoms with Crippen molar-refractivity contribution in [2.45, 2.75) is 26.8 Å². The standard InChI is InChI=1S/C22H23N3O4/c1-14(2)20(25-21(27)18-7-5-4-6-15(18)3)22(28)29-13-19(26)24-17-10-8-16(12-23)9-11-17/h4-11,14,20H,13H2,1-3H3,(H,24,26)(H,25,27)/t20-/m0/s1. The van der Waals surface area contributed by atoms with Gasteiger partial charge in [0.15, 0.2) is 6.61 Å². The number of carbonyl (C=O) groups excluding carboxylic acids is 3. The molecule has 0 aliphatic carbocycles. The summed E-state index contributed by atoms with van der Waals surface area (Å²) >= 11 is 0. The summed E-state index contributed by atoms with van der Waals surface area (Å²) in [4.78, 5) is 36.9. The lowest BCUT2D eigenvalue weighted by molar-refractivity contribution is -0.150. The van der Waals surface area contributed by atoms with Gasteiger partial charge in [-0.05, 0) is 48.7 Å². The Bertz CT molecular complexity index is 930. The van der Waals surface area contributed by atoms with E-state index in [1.54, 1.807) is 50.2 Å². The van der Waals surface area contributed by atoms with Gasteiger partial charge in [-0.2, -0.15) is 5.26 Å². The molecule has 29 heavy (non-hydrogen) atoms. The third-order valence-electron chi connectivity index (χ3n) is 4.24. The van der Waals surface area contributed by atoms with Crippen molar-refractivity contribution in [1.82, 2.24) is 5.32 Å². The Kier molecular flexibility index (Phi) is 7.49. The smallest absolute Gasteiger partial charge is 0.329 e. The number of hydrogen-bond acceptors (Lipinski definition) is 5. The molecule has 0 radical (unpaired) electrons. The number of amides is 2. The molecule has 2 aromatic carbocycles. The van der Waals surface area contributed by atoms with Crippen LogP contribution in [0.4, 0.5) is 5.69 Å². The Labute approximate surface area is 169 Å². The molecule has 0 aromatic heterocycles. The Hall–Kier alpha value is -3.66. The molecule has 0 heterocycles. The summed E-state index contributed by atoms with van der Waals surface area (Å²) in [7, 11) is 0. The Morgan fingerprint density at radius 3 is 2.31 bits per heavy atom. The maximum Gasteiger partial charge on any atom is 0.329 e. The molecule has 7 nitrogen and oxygen atoms in total. The van der Waals surface area contributed by atoms with Gasteiger partial charge in [0, 0.05) is 11.3 Å². The Balaban J connectivity index is 1.93. The van der Waals surface area contributed by atoms with E-state index in [1.165, 1.54) is 0 Å². The highest BCUT2D eigenvalue weighted by Gasteiger charge is 2.27. The first-order valence-electron chi connectivity index (χ1n) is 9.15. The summed E-state index contributed by atoms with van der Waals surface area (Å²) in [5.41, 5.74) is 2.23. The zero-order valence-electron chi connectivity index (χ0n) is 16.6. The first kappa shape index (κ1) is 21.6. The predicted octanol–water partition coefficient (Wildman–Crippen LogP) is 2.80. The molecular formula is C22H23N3O4. The minimum atomic E-state index is -0.884. The number of nitrogens with one attached hydrogen (secondary N) is 2. The van der Waals surface area contributed by atoms with Crippen molar-refractivity contribution < 1.29 is 19.1 Å². The maximum atomic E-state index is 12.5. The molecule has 0 saturated carbocycles. The predicted molar refractivity (Wildman–Crippen MR) is 108 cm³/mol. The van der Waals surface area contributed by atoms with E-state index in [1.807, 2.05) is 25.1 Å². The summed E-state index contributed by atoms with van der Waals surface area (Å²) < 4.78 is 5.09. The lowest BCUT2D eigenvalue weighted by atomic mass is 10.0. The summed E-state index contributed by atoms with van der Waals surface area (Å²) in [6, 6.07) is 14.5. The molecule has 0 fully saturated rings. The molecule has 2 rings (SSSR count). The van der Waals surface area contributed by atoms with Crippen molar-refractivity contribution in [2.75, 3.05) is 11.9 Å². The Morgan fingerprint density at radius 1 is 1.07 bits per heavy atom. The quantitative estimate of drug-likeness (QED) is 0.703. The van der Waals surface area contributed by atoms with Crippen LogP contribution < -0.4 is 10.6 Å². The fraction of sp³-hybridized carbons (Fsp3) is 0.273. The van der Waals surface area contributed by atoms with Crippen molar-refractivity contribution in [2.24, 2.45) is 5.92 Å². The van der Waals surface area contributed by atoms with Crippen LogP contribution in [0.15, 0.2) is 48.5 Å². The van der Waals surface area contributed by atoms with E-state index in [4.69, 9.17) is 10.00 Å². The third-order valence-corrected chi connectivity index (χ3v) is 4.24. The highest BCUT2D eigenvalue weighted by atomic mass is 16.5. The van der Waals surface area contributed by atoms with Gasteiger partial charge in [-0.15, -0.1) is 0 Å². The number of nitriles is 1. The van der Waals surface area contributed by atoms with E-state index in [9.17, 15) is 14.4 Å². The van der Waals surface area contributed by atoms with Gasteiger partial charge in [0.05, 0.1) is 11.6 Å². The molecule has 0 aliphatic heterocycles. The lowest BCUT2D eigenvalue weighted by Crippen LogP contribution is -2.46. The average molecular weight is 393 g/mol. The molecule has 150 valence electrons. The highest BCUT2D eigenvalue weighted by molar-refractivity contribution is 5.98. The minimum absolute atomic E-state index is 0.225. The molecule has 7 heteroatoms. The SMILES string of the molecule is Cc1ccccc1C(=O)N[C@H](C(=O)OCC(=O)Nc1ccc(C#N)cc1)C(C)C. The molecule has 0 unspecified atom stereocenters. The van der Waals surface area contributed by atoms with Crippen LogP contribution in [0.5, 0.6) is 0 Å². The monoisotopic (exact) mass is 393 g/mol. The molecule has 1 atom stereocenters. The van der Waals surface area contributed by atoms with Crippen LogP contribution in [0.25, 0.3) is 0 Å². The number of esters is 1. The minimum Gasteiger partial charge on any atom is -0.454 e. The van der Waals surface area contributed by atoms with E-state index >= 15 is 0 Å². The van der Waals surface area contributed by atoms with Crippen molar-refractivity contribution in [3.8, 4) is 6.07 Å². The second-order valence-corrected chi connectivity index (χ2v) is 6.86. The van der Waals surface area contributed by atoms with Crippen molar-refractivity contribution in [1.29, 1.82) is 5.26 Å². The second kappa shape index (κ2) is 10.0. The van der Waals surface area contributed by atoms with E-state index in [0.717, 1.165) is 5.56 Å². The summed E-state index contributed by atoms with van der Waals surface area (Å²) in [5, 5.41) is 14.0. The number of ether oxygens (including phenoxy) is 1. The van der Waals surface area contributed by atoms with Gasteiger partial charge in [0.2, 0.25) is 0 Å². The van der Waals surface area contributed by atoms with Crippen LogP contribution in [0.2, 0.25) is 0 Å².